The van der Waals surface area contributed by atoms with Gasteiger partial charge in [0.15, 0.2) is 5.82 Å². The van der Waals surface area contributed by atoms with Crippen LogP contribution in [-0.2, 0) is 15.5 Å². The first-order chi connectivity index (χ1) is 15.1. The van der Waals surface area contributed by atoms with Crippen LogP contribution in [0.5, 0.6) is 5.75 Å². The first kappa shape index (κ1) is 21.7. The number of benzene rings is 1. The largest absolute Gasteiger partial charge is 0.400 e. The molecule has 1 aromatic carbocycles. The Balaban J connectivity index is 1.26. The summed E-state index contributed by atoms with van der Waals surface area (Å²) in [5, 5.41) is 14.2. The number of piperazine rings is 1. The number of nitrogens with zero attached hydrogens (tertiary/aromatic N) is 3. The van der Waals surface area contributed by atoms with Crippen molar-refractivity contribution in [1.29, 1.82) is 5.41 Å². The van der Waals surface area contributed by atoms with Crippen molar-refractivity contribution in [2.45, 2.75) is 38.5 Å². The van der Waals surface area contributed by atoms with Gasteiger partial charge in [-0.05, 0) is 44.0 Å². The van der Waals surface area contributed by atoms with Crippen molar-refractivity contribution in [2.75, 3.05) is 25.0 Å². The first-order valence-corrected chi connectivity index (χ1v) is 11.0. The number of aromatic nitrogens is 2. The van der Waals surface area contributed by atoms with E-state index in [0.29, 0.717) is 29.3 Å². The average molecular weight is 443 g/mol. The number of hydrogen-bond acceptors (Lipinski definition) is 9. The Labute approximate surface area is 185 Å². The molecule has 1 aliphatic carbocycles. The molecule has 1 saturated carbocycles. The highest BCUT2D eigenvalue weighted by Crippen LogP contribution is 2.29. The summed E-state index contributed by atoms with van der Waals surface area (Å²) in [6.45, 7) is 5.78. The molecule has 0 spiro atoms. The van der Waals surface area contributed by atoms with Gasteiger partial charge in [-0.2, -0.15) is 0 Å². The maximum absolute atomic E-state index is 12.4. The number of hydrogen-bond donors (Lipinski definition) is 3. The minimum absolute atomic E-state index is 0.158. The van der Waals surface area contributed by atoms with Gasteiger partial charge in [0.25, 0.3) is 5.91 Å². The molecule has 1 aliphatic heterocycles. The lowest BCUT2D eigenvalue weighted by Gasteiger charge is -2.31. The molecule has 0 bridgehead atoms. The standard InChI is InChI=1S/C21H26N6O3S/c1-14-12-27(9-8-23-14)13-16-10-25-19(11-24-16)26-21(28)20(22)15-2-4-17(5-3-15)29-31-30-18-6-7-18/h2-5,10-11,14,18,22-23H,6-9,12-13H2,1H3,(H,25,26,28)/t14-/m0/s1. The van der Waals surface area contributed by atoms with Gasteiger partial charge >= 0.3 is 0 Å². The summed E-state index contributed by atoms with van der Waals surface area (Å²) in [6.07, 6.45) is 5.64. The molecular formula is C21H26N6O3S. The Morgan fingerprint density at radius 1 is 1.29 bits per heavy atom. The molecular weight excluding hydrogens is 416 g/mol. The van der Waals surface area contributed by atoms with Gasteiger partial charge in [-0.25, -0.2) is 4.98 Å². The molecule has 164 valence electrons. The number of anilines is 1. The maximum Gasteiger partial charge on any atom is 0.275 e. The zero-order valence-corrected chi connectivity index (χ0v) is 18.2. The molecule has 2 aliphatic rings. The lowest BCUT2D eigenvalue weighted by atomic mass is 10.1. The summed E-state index contributed by atoms with van der Waals surface area (Å²) in [7, 11) is 0. The molecule has 3 N–H and O–H groups in total. The fourth-order valence-electron chi connectivity index (χ4n) is 3.15. The molecule has 1 amide bonds. The molecule has 4 rings (SSSR count). The van der Waals surface area contributed by atoms with Gasteiger partial charge in [-0.3, -0.25) is 24.3 Å². The smallest absolute Gasteiger partial charge is 0.275 e. The van der Waals surface area contributed by atoms with Crippen LogP contribution in [0, 0.1) is 5.41 Å². The van der Waals surface area contributed by atoms with E-state index >= 15 is 0 Å². The molecule has 2 aromatic rings. The third-order valence-electron chi connectivity index (χ3n) is 4.99. The summed E-state index contributed by atoms with van der Waals surface area (Å²) >= 11 is 0.957. The van der Waals surface area contributed by atoms with E-state index in [2.05, 4.69) is 32.4 Å². The highest BCUT2D eigenvalue weighted by atomic mass is 32.2. The van der Waals surface area contributed by atoms with Gasteiger partial charge < -0.3 is 14.8 Å². The lowest BCUT2D eigenvalue weighted by molar-refractivity contribution is -0.110. The summed E-state index contributed by atoms with van der Waals surface area (Å²) in [5.41, 5.74) is 1.17. The summed E-state index contributed by atoms with van der Waals surface area (Å²) in [4.78, 5) is 23.4. The van der Waals surface area contributed by atoms with Crippen LogP contribution in [0.2, 0.25) is 0 Å². The van der Waals surface area contributed by atoms with Crippen LogP contribution < -0.4 is 14.8 Å². The Kier molecular flexibility index (Phi) is 7.13. The van der Waals surface area contributed by atoms with Gasteiger partial charge in [0.1, 0.15) is 11.5 Å². The fraction of sp³-hybridized carbons (Fsp3) is 0.429. The molecule has 0 unspecified atom stereocenters. The van der Waals surface area contributed by atoms with Crippen molar-refractivity contribution in [2.24, 2.45) is 0 Å². The van der Waals surface area contributed by atoms with Crippen LogP contribution in [0.3, 0.4) is 0 Å². The predicted molar refractivity (Wildman–Crippen MR) is 119 cm³/mol. The number of rotatable bonds is 9. The van der Waals surface area contributed by atoms with Gasteiger partial charge in [-0.15, -0.1) is 0 Å². The number of amides is 1. The van der Waals surface area contributed by atoms with E-state index in [4.69, 9.17) is 13.8 Å². The van der Waals surface area contributed by atoms with E-state index in [0.717, 1.165) is 57.0 Å². The normalized spacial score (nSPS) is 19.1. The molecule has 2 fully saturated rings. The Hall–Kier alpha value is -2.53. The third kappa shape index (κ3) is 6.47. The van der Waals surface area contributed by atoms with Crippen molar-refractivity contribution < 1.29 is 13.2 Å². The highest BCUT2D eigenvalue weighted by Gasteiger charge is 2.23. The molecule has 1 aromatic heterocycles. The van der Waals surface area contributed by atoms with Crippen molar-refractivity contribution in [3.63, 3.8) is 0 Å². The summed E-state index contributed by atoms with van der Waals surface area (Å²) < 4.78 is 10.8. The molecule has 2 heterocycles. The van der Waals surface area contributed by atoms with Crippen LogP contribution in [0.25, 0.3) is 0 Å². The second-order valence-electron chi connectivity index (χ2n) is 7.78. The average Bonchev–Trinajstić information content (AvgIpc) is 3.60. The van der Waals surface area contributed by atoms with Gasteiger partial charge in [-0.1, -0.05) is 0 Å². The van der Waals surface area contributed by atoms with Crippen molar-refractivity contribution in [3.8, 4) is 5.75 Å². The first-order valence-electron chi connectivity index (χ1n) is 10.3. The summed E-state index contributed by atoms with van der Waals surface area (Å²) in [6, 6.07) is 7.19. The minimum atomic E-state index is -0.543. The van der Waals surface area contributed by atoms with E-state index in [1.54, 1.807) is 30.5 Å². The van der Waals surface area contributed by atoms with Crippen LogP contribution in [-0.4, -0.2) is 58.3 Å². The Morgan fingerprint density at radius 2 is 2.10 bits per heavy atom. The number of nitrogens with one attached hydrogen (secondary N) is 3. The number of carbonyl (C=O) groups is 1. The molecule has 10 heteroatoms. The second-order valence-corrected chi connectivity index (χ2v) is 8.28. The third-order valence-corrected chi connectivity index (χ3v) is 5.60. The minimum Gasteiger partial charge on any atom is -0.400 e. The van der Waals surface area contributed by atoms with Crippen molar-refractivity contribution in [1.82, 2.24) is 20.2 Å². The van der Waals surface area contributed by atoms with Crippen molar-refractivity contribution in [3.05, 3.63) is 47.9 Å². The lowest BCUT2D eigenvalue weighted by Crippen LogP contribution is -2.48. The molecule has 9 nitrogen and oxygen atoms in total. The quantitative estimate of drug-likeness (QED) is 0.401. The van der Waals surface area contributed by atoms with Crippen LogP contribution >= 0.6 is 12.3 Å². The maximum atomic E-state index is 12.4. The molecule has 1 atom stereocenters. The Bertz CT molecular complexity index is 904. The van der Waals surface area contributed by atoms with Gasteiger partial charge in [0, 0.05) is 37.8 Å². The summed E-state index contributed by atoms with van der Waals surface area (Å²) in [5.74, 6) is 0.377. The molecule has 1 saturated heterocycles. The topological polar surface area (TPSA) is 112 Å². The van der Waals surface area contributed by atoms with Crippen LogP contribution in [0.1, 0.15) is 31.0 Å². The van der Waals surface area contributed by atoms with Crippen LogP contribution in [0.4, 0.5) is 5.82 Å². The molecule has 31 heavy (non-hydrogen) atoms. The van der Waals surface area contributed by atoms with E-state index in [9.17, 15) is 4.79 Å². The SMILES string of the molecule is C[C@H]1CN(Cc2cnc(NC(=O)C(=N)c3ccc(OSOC4CC4)cc3)cn2)CCN1. The predicted octanol–water partition coefficient (Wildman–Crippen LogP) is 2.40. The second kappa shape index (κ2) is 10.2. The van der Waals surface area contributed by atoms with E-state index in [1.807, 2.05) is 0 Å². The zero-order valence-electron chi connectivity index (χ0n) is 17.3. The highest BCUT2D eigenvalue weighted by molar-refractivity contribution is 7.90. The monoisotopic (exact) mass is 442 g/mol. The van der Waals surface area contributed by atoms with Crippen LogP contribution in [0.15, 0.2) is 36.7 Å². The van der Waals surface area contributed by atoms with Crippen molar-refractivity contribution >= 4 is 29.8 Å². The fourth-order valence-corrected chi connectivity index (χ4v) is 3.68. The van der Waals surface area contributed by atoms with Gasteiger partial charge in [0.05, 0.1) is 24.2 Å². The van der Waals surface area contributed by atoms with E-state index in [-0.39, 0.29) is 5.71 Å². The van der Waals surface area contributed by atoms with Gasteiger partial charge in [0.2, 0.25) is 12.3 Å². The number of carbonyl (C=O) groups excluding carboxylic acids is 1. The Morgan fingerprint density at radius 3 is 2.77 bits per heavy atom. The van der Waals surface area contributed by atoms with E-state index in [1.165, 1.54) is 6.20 Å². The van der Waals surface area contributed by atoms with E-state index < -0.39 is 5.91 Å². The zero-order chi connectivity index (χ0) is 21.6. The molecule has 0 radical (unpaired) electrons.